The fraction of sp³-hybridized carbons (Fsp3) is 0.429. The summed E-state index contributed by atoms with van der Waals surface area (Å²) in [6, 6.07) is 5.63. The highest BCUT2D eigenvalue weighted by Gasteiger charge is 2.14. The van der Waals surface area contributed by atoms with Crippen molar-refractivity contribution in [1.82, 2.24) is 15.5 Å². The van der Waals surface area contributed by atoms with Crippen molar-refractivity contribution in [3.05, 3.63) is 34.1 Å². The Kier molecular flexibility index (Phi) is 5.40. The second-order valence-electron chi connectivity index (χ2n) is 4.62. The molecule has 6 heteroatoms. The maximum Gasteiger partial charge on any atom is 0.228 e. The van der Waals surface area contributed by atoms with E-state index in [-0.39, 0.29) is 0 Å². The lowest BCUT2D eigenvalue weighted by Gasteiger charge is -2.11. The highest BCUT2D eigenvalue weighted by atomic mass is 35.5. The van der Waals surface area contributed by atoms with Gasteiger partial charge in [0.05, 0.1) is 10.0 Å². The number of nitrogens with one attached hydrogen (secondary N) is 1. The van der Waals surface area contributed by atoms with Crippen molar-refractivity contribution < 1.29 is 4.52 Å². The second-order valence-corrected chi connectivity index (χ2v) is 5.43. The molecule has 0 saturated heterocycles. The van der Waals surface area contributed by atoms with Crippen LogP contribution in [0.2, 0.25) is 10.0 Å². The SMILES string of the molecule is CCCC(Cc1nc(-c2ccc(Cl)c(Cl)c2)no1)NC. The highest BCUT2D eigenvalue weighted by Crippen LogP contribution is 2.27. The lowest BCUT2D eigenvalue weighted by atomic mass is 10.1. The zero-order valence-electron chi connectivity index (χ0n) is 11.5. The number of rotatable bonds is 6. The first-order valence-corrected chi connectivity index (χ1v) is 7.35. The highest BCUT2D eigenvalue weighted by molar-refractivity contribution is 6.42. The van der Waals surface area contributed by atoms with Crippen LogP contribution >= 0.6 is 23.2 Å². The van der Waals surface area contributed by atoms with Gasteiger partial charge in [0.25, 0.3) is 0 Å². The van der Waals surface area contributed by atoms with Gasteiger partial charge in [-0.15, -0.1) is 0 Å². The Morgan fingerprint density at radius 2 is 2.10 bits per heavy atom. The molecule has 0 fully saturated rings. The summed E-state index contributed by atoms with van der Waals surface area (Å²) in [6.45, 7) is 2.15. The smallest absolute Gasteiger partial charge is 0.228 e. The molecule has 108 valence electrons. The molecule has 0 aliphatic rings. The molecule has 4 nitrogen and oxygen atoms in total. The van der Waals surface area contributed by atoms with Gasteiger partial charge >= 0.3 is 0 Å². The van der Waals surface area contributed by atoms with Gasteiger partial charge in [-0.2, -0.15) is 4.98 Å². The van der Waals surface area contributed by atoms with Crippen LogP contribution in [0.1, 0.15) is 25.7 Å². The summed E-state index contributed by atoms with van der Waals surface area (Å²) in [5.41, 5.74) is 0.797. The van der Waals surface area contributed by atoms with Gasteiger partial charge in [0, 0.05) is 18.0 Å². The Bertz CT molecular complexity index is 571. The zero-order valence-corrected chi connectivity index (χ0v) is 13.0. The largest absolute Gasteiger partial charge is 0.339 e. The van der Waals surface area contributed by atoms with Crippen LogP contribution in [0, 0.1) is 0 Å². The molecule has 0 bridgehead atoms. The zero-order chi connectivity index (χ0) is 14.5. The van der Waals surface area contributed by atoms with Crippen LogP contribution in [0.4, 0.5) is 0 Å². The molecule has 2 aromatic rings. The quantitative estimate of drug-likeness (QED) is 0.876. The third-order valence-corrected chi connectivity index (χ3v) is 3.85. The molecule has 0 amide bonds. The number of halogens is 2. The number of hydrogen-bond acceptors (Lipinski definition) is 4. The number of benzene rings is 1. The predicted octanol–water partition coefficient (Wildman–Crippen LogP) is 3.97. The van der Waals surface area contributed by atoms with Gasteiger partial charge in [-0.05, 0) is 31.7 Å². The van der Waals surface area contributed by atoms with Crippen molar-refractivity contribution >= 4 is 23.2 Å². The predicted molar refractivity (Wildman–Crippen MR) is 81.2 cm³/mol. The molecule has 2 rings (SSSR count). The van der Waals surface area contributed by atoms with E-state index >= 15 is 0 Å². The van der Waals surface area contributed by atoms with Crippen molar-refractivity contribution in [2.45, 2.75) is 32.2 Å². The van der Waals surface area contributed by atoms with E-state index in [9.17, 15) is 0 Å². The van der Waals surface area contributed by atoms with Crippen molar-refractivity contribution in [1.29, 1.82) is 0 Å². The third kappa shape index (κ3) is 3.72. The maximum atomic E-state index is 5.99. The number of hydrogen-bond donors (Lipinski definition) is 1. The maximum absolute atomic E-state index is 5.99. The van der Waals surface area contributed by atoms with E-state index in [1.165, 1.54) is 0 Å². The molecule has 1 aromatic carbocycles. The van der Waals surface area contributed by atoms with Crippen LogP contribution in [0.3, 0.4) is 0 Å². The van der Waals surface area contributed by atoms with Crippen LogP contribution in [-0.2, 0) is 6.42 Å². The van der Waals surface area contributed by atoms with E-state index < -0.39 is 0 Å². The van der Waals surface area contributed by atoms with Crippen molar-refractivity contribution in [2.75, 3.05) is 7.05 Å². The van der Waals surface area contributed by atoms with Gasteiger partial charge in [0.1, 0.15) is 0 Å². The molecule has 0 aliphatic carbocycles. The lowest BCUT2D eigenvalue weighted by Crippen LogP contribution is -2.27. The molecule has 1 N–H and O–H groups in total. The Labute approximate surface area is 128 Å². The van der Waals surface area contributed by atoms with E-state index in [1.807, 2.05) is 13.1 Å². The molecule has 0 saturated carbocycles. The van der Waals surface area contributed by atoms with E-state index in [4.69, 9.17) is 27.7 Å². The topological polar surface area (TPSA) is 51.0 Å². The number of nitrogens with zero attached hydrogens (tertiary/aromatic N) is 2. The lowest BCUT2D eigenvalue weighted by molar-refractivity contribution is 0.356. The minimum absolute atomic E-state index is 0.349. The van der Waals surface area contributed by atoms with Crippen LogP contribution in [0.15, 0.2) is 22.7 Å². The van der Waals surface area contributed by atoms with Gasteiger partial charge in [0.15, 0.2) is 0 Å². The van der Waals surface area contributed by atoms with E-state index in [0.29, 0.717) is 27.8 Å². The molecule has 1 heterocycles. The van der Waals surface area contributed by atoms with Crippen LogP contribution in [-0.4, -0.2) is 23.2 Å². The summed E-state index contributed by atoms with van der Waals surface area (Å²) in [7, 11) is 1.94. The molecule has 1 aromatic heterocycles. The summed E-state index contributed by atoms with van der Waals surface area (Å²) in [6.07, 6.45) is 2.90. The molecule has 1 atom stereocenters. The van der Waals surface area contributed by atoms with E-state index in [1.54, 1.807) is 12.1 Å². The van der Waals surface area contributed by atoms with Gasteiger partial charge in [-0.25, -0.2) is 0 Å². The van der Waals surface area contributed by atoms with Crippen molar-refractivity contribution in [2.24, 2.45) is 0 Å². The minimum atomic E-state index is 0.349. The Balaban J connectivity index is 2.13. The van der Waals surface area contributed by atoms with Gasteiger partial charge in [0.2, 0.25) is 11.7 Å². The Morgan fingerprint density at radius 3 is 2.75 bits per heavy atom. The van der Waals surface area contributed by atoms with E-state index in [0.717, 1.165) is 24.8 Å². The standard InChI is InChI=1S/C14H17Cl2N3O/c1-3-4-10(17-2)8-13-18-14(19-20-13)9-5-6-11(15)12(16)7-9/h5-7,10,17H,3-4,8H2,1-2H3. The normalized spacial score (nSPS) is 12.6. The molecule has 0 aliphatic heterocycles. The first kappa shape index (κ1) is 15.3. The van der Waals surface area contributed by atoms with Crippen molar-refractivity contribution in [3.8, 4) is 11.4 Å². The number of likely N-dealkylation sites (N-methyl/N-ethyl adjacent to an activating group) is 1. The van der Waals surface area contributed by atoms with Crippen LogP contribution < -0.4 is 5.32 Å². The fourth-order valence-corrected chi connectivity index (χ4v) is 2.30. The minimum Gasteiger partial charge on any atom is -0.339 e. The first-order chi connectivity index (χ1) is 9.63. The molecule has 0 spiro atoms. The Morgan fingerprint density at radius 1 is 1.30 bits per heavy atom. The molecule has 0 radical (unpaired) electrons. The first-order valence-electron chi connectivity index (χ1n) is 6.59. The van der Waals surface area contributed by atoms with Gasteiger partial charge < -0.3 is 9.84 Å². The second kappa shape index (κ2) is 7.07. The van der Waals surface area contributed by atoms with Crippen LogP contribution in [0.25, 0.3) is 11.4 Å². The molecule has 20 heavy (non-hydrogen) atoms. The van der Waals surface area contributed by atoms with Gasteiger partial charge in [-0.3, -0.25) is 0 Å². The summed E-state index contributed by atoms with van der Waals surface area (Å²) in [4.78, 5) is 4.40. The van der Waals surface area contributed by atoms with Crippen molar-refractivity contribution in [3.63, 3.8) is 0 Å². The number of aromatic nitrogens is 2. The van der Waals surface area contributed by atoms with E-state index in [2.05, 4.69) is 22.4 Å². The third-order valence-electron chi connectivity index (χ3n) is 3.11. The Hall–Kier alpha value is -1.10. The van der Waals surface area contributed by atoms with Crippen LogP contribution in [0.5, 0.6) is 0 Å². The average molecular weight is 314 g/mol. The summed E-state index contributed by atoms with van der Waals surface area (Å²) < 4.78 is 5.29. The fourth-order valence-electron chi connectivity index (χ4n) is 2.00. The summed E-state index contributed by atoms with van der Waals surface area (Å²) in [5.74, 6) is 1.16. The summed E-state index contributed by atoms with van der Waals surface area (Å²) >= 11 is 11.9. The summed E-state index contributed by atoms with van der Waals surface area (Å²) in [5, 5.41) is 8.23. The molecular formula is C14H17Cl2N3O. The molecular weight excluding hydrogens is 297 g/mol. The molecule has 1 unspecified atom stereocenters. The average Bonchev–Trinajstić information content (AvgIpc) is 2.90. The monoisotopic (exact) mass is 313 g/mol. The van der Waals surface area contributed by atoms with Gasteiger partial charge in [-0.1, -0.05) is 41.7 Å².